The van der Waals surface area contributed by atoms with Crippen molar-refractivity contribution in [2.75, 3.05) is 33.9 Å². The highest BCUT2D eigenvalue weighted by Crippen LogP contribution is 2.33. The number of carbonyl (C=O) groups is 4. The molecule has 0 fully saturated rings. The van der Waals surface area contributed by atoms with E-state index in [1.165, 1.54) is 14.2 Å². The number of aliphatic imine (C=N–C) groups is 1. The van der Waals surface area contributed by atoms with Crippen molar-refractivity contribution in [2.45, 2.75) is 40.5 Å². The van der Waals surface area contributed by atoms with E-state index in [4.69, 9.17) is 14.2 Å². The maximum atomic E-state index is 12.9. The lowest BCUT2D eigenvalue weighted by Crippen LogP contribution is -2.43. The monoisotopic (exact) mass is 410 g/mol. The largest absolute Gasteiger partial charge is 0.468 e. The Hall–Kier alpha value is -2.71. The molecule has 1 heterocycles. The third kappa shape index (κ3) is 5.88. The van der Waals surface area contributed by atoms with E-state index in [9.17, 15) is 19.2 Å². The zero-order valence-corrected chi connectivity index (χ0v) is 17.9. The number of hydrogen-bond donors (Lipinski definition) is 0. The lowest BCUT2D eigenvalue weighted by atomic mass is 9.80. The number of carbonyl (C=O) groups excluding carboxylic acids is 4. The van der Waals surface area contributed by atoms with E-state index < -0.39 is 36.4 Å². The summed E-state index contributed by atoms with van der Waals surface area (Å²) in [7, 11) is 2.35. The average Bonchev–Trinajstić information content (AvgIpc) is 2.69. The molecule has 0 saturated carbocycles. The van der Waals surface area contributed by atoms with Crippen LogP contribution in [0.5, 0.6) is 0 Å². The van der Waals surface area contributed by atoms with E-state index >= 15 is 0 Å². The molecular weight excluding hydrogens is 380 g/mol. The Morgan fingerprint density at radius 2 is 1.52 bits per heavy atom. The molecule has 1 aliphatic rings. The summed E-state index contributed by atoms with van der Waals surface area (Å²) >= 11 is 0. The van der Waals surface area contributed by atoms with Crippen LogP contribution < -0.4 is 0 Å². The molecule has 0 bridgehead atoms. The summed E-state index contributed by atoms with van der Waals surface area (Å²) < 4.78 is 14.8. The molecule has 162 valence electrons. The SMILES string of the molecule is CCCN(CCC)C(=O)COC(=O)[C@@H]1C(C(=O)OC)=C(C)N=C(C)C1C(=O)OC. The standard InChI is InChI=1S/C20H30N2O7/c1-7-9-22(10-8-2)14(23)11-29-20(26)17-15(18(24)27-5)12(3)21-13(4)16(17)19(25)28-6/h15,17H,7-11H2,1-6H3/t15?,17-/m0/s1. The second-order valence-electron chi connectivity index (χ2n) is 6.71. The van der Waals surface area contributed by atoms with Gasteiger partial charge >= 0.3 is 17.9 Å². The topological polar surface area (TPSA) is 112 Å². The number of methoxy groups -OCH3 is 2. The van der Waals surface area contributed by atoms with Crippen LogP contribution in [0.25, 0.3) is 0 Å². The number of ether oxygens (including phenoxy) is 3. The number of nitrogens with zero attached hydrogens (tertiary/aromatic N) is 2. The highest BCUT2D eigenvalue weighted by Gasteiger charge is 2.46. The van der Waals surface area contributed by atoms with Gasteiger partial charge < -0.3 is 19.1 Å². The van der Waals surface area contributed by atoms with Crippen LogP contribution in [0, 0.1) is 11.8 Å². The fraction of sp³-hybridized carbons (Fsp3) is 0.650. The predicted octanol–water partition coefficient (Wildman–Crippen LogP) is 1.51. The summed E-state index contributed by atoms with van der Waals surface area (Å²) in [5, 5.41) is 0. The molecule has 1 unspecified atom stereocenters. The van der Waals surface area contributed by atoms with Crippen molar-refractivity contribution in [3.8, 4) is 0 Å². The highest BCUT2D eigenvalue weighted by molar-refractivity contribution is 6.10. The maximum absolute atomic E-state index is 12.9. The highest BCUT2D eigenvalue weighted by atomic mass is 16.5. The van der Waals surface area contributed by atoms with Crippen molar-refractivity contribution in [3.05, 3.63) is 11.3 Å². The molecule has 0 spiro atoms. The minimum Gasteiger partial charge on any atom is -0.468 e. The molecule has 0 radical (unpaired) electrons. The predicted molar refractivity (Wildman–Crippen MR) is 105 cm³/mol. The molecular formula is C20H30N2O7. The third-order valence-corrected chi connectivity index (χ3v) is 4.62. The van der Waals surface area contributed by atoms with Gasteiger partial charge in [0, 0.05) is 24.5 Å². The van der Waals surface area contributed by atoms with Crippen LogP contribution in [0.4, 0.5) is 0 Å². The minimum absolute atomic E-state index is 0.0788. The van der Waals surface area contributed by atoms with Crippen molar-refractivity contribution in [1.82, 2.24) is 4.90 Å². The summed E-state index contributed by atoms with van der Waals surface area (Å²) in [6.07, 6.45) is 1.55. The fourth-order valence-corrected chi connectivity index (χ4v) is 3.31. The number of rotatable bonds is 9. The molecule has 0 aromatic rings. The van der Waals surface area contributed by atoms with E-state index in [-0.39, 0.29) is 17.2 Å². The van der Waals surface area contributed by atoms with E-state index in [0.29, 0.717) is 18.8 Å². The Kier molecular flexibility index (Phi) is 9.50. The van der Waals surface area contributed by atoms with Crippen LogP contribution >= 0.6 is 0 Å². The van der Waals surface area contributed by atoms with Gasteiger partial charge in [-0.05, 0) is 26.7 Å². The minimum atomic E-state index is -1.30. The van der Waals surface area contributed by atoms with Gasteiger partial charge in [-0.15, -0.1) is 0 Å². The summed E-state index contributed by atoms with van der Waals surface area (Å²) in [5.41, 5.74) is 0.486. The van der Waals surface area contributed by atoms with E-state index in [0.717, 1.165) is 12.8 Å². The number of amides is 1. The van der Waals surface area contributed by atoms with Gasteiger partial charge in [0.25, 0.3) is 5.91 Å². The number of esters is 3. The molecule has 1 amide bonds. The van der Waals surface area contributed by atoms with Gasteiger partial charge in [-0.25, -0.2) is 4.79 Å². The molecule has 29 heavy (non-hydrogen) atoms. The first-order valence-corrected chi connectivity index (χ1v) is 9.59. The van der Waals surface area contributed by atoms with E-state index in [2.05, 4.69) is 4.99 Å². The lowest BCUT2D eigenvalue weighted by Gasteiger charge is -2.29. The van der Waals surface area contributed by atoms with Crippen LogP contribution in [0.15, 0.2) is 16.3 Å². The molecule has 9 heteroatoms. The first-order chi connectivity index (χ1) is 13.7. The third-order valence-electron chi connectivity index (χ3n) is 4.62. The summed E-state index contributed by atoms with van der Waals surface area (Å²) in [6, 6.07) is 0. The van der Waals surface area contributed by atoms with Crippen molar-refractivity contribution in [1.29, 1.82) is 0 Å². The first kappa shape index (κ1) is 24.3. The normalized spacial score (nSPS) is 18.6. The summed E-state index contributed by atoms with van der Waals surface area (Å²) in [5.74, 6) is -5.17. The quantitative estimate of drug-likeness (QED) is 0.418. The van der Waals surface area contributed by atoms with Gasteiger partial charge in [-0.2, -0.15) is 0 Å². The molecule has 2 atom stereocenters. The Morgan fingerprint density at radius 3 is 2.00 bits per heavy atom. The Morgan fingerprint density at radius 1 is 0.931 bits per heavy atom. The number of hydrogen-bond acceptors (Lipinski definition) is 8. The van der Waals surface area contributed by atoms with Crippen molar-refractivity contribution in [2.24, 2.45) is 16.8 Å². The molecule has 0 N–H and O–H groups in total. The van der Waals surface area contributed by atoms with Crippen LogP contribution in [0.2, 0.25) is 0 Å². The fourth-order valence-electron chi connectivity index (χ4n) is 3.31. The van der Waals surface area contributed by atoms with Gasteiger partial charge in [0.05, 0.1) is 19.8 Å². The van der Waals surface area contributed by atoms with Crippen LogP contribution in [-0.4, -0.2) is 68.3 Å². The molecule has 0 saturated heterocycles. The smallest absolute Gasteiger partial charge is 0.336 e. The molecule has 0 aromatic carbocycles. The zero-order valence-electron chi connectivity index (χ0n) is 17.9. The van der Waals surface area contributed by atoms with Gasteiger partial charge in [-0.1, -0.05) is 13.8 Å². The Labute approximate surface area is 171 Å². The summed E-state index contributed by atoms with van der Waals surface area (Å²) in [6.45, 7) is 7.63. The van der Waals surface area contributed by atoms with Crippen LogP contribution in [0.1, 0.15) is 40.5 Å². The van der Waals surface area contributed by atoms with Crippen molar-refractivity contribution >= 4 is 29.5 Å². The first-order valence-electron chi connectivity index (χ1n) is 9.59. The molecule has 1 rings (SSSR count). The Bertz CT molecular complexity index is 706. The van der Waals surface area contributed by atoms with Crippen molar-refractivity contribution in [3.63, 3.8) is 0 Å². The second-order valence-corrected chi connectivity index (χ2v) is 6.71. The van der Waals surface area contributed by atoms with Gasteiger partial charge in [0.1, 0.15) is 11.8 Å². The van der Waals surface area contributed by atoms with Crippen molar-refractivity contribution < 1.29 is 33.4 Å². The molecule has 0 aliphatic carbocycles. The molecule has 9 nitrogen and oxygen atoms in total. The average molecular weight is 410 g/mol. The zero-order chi connectivity index (χ0) is 22.1. The van der Waals surface area contributed by atoms with Gasteiger partial charge in [-0.3, -0.25) is 19.4 Å². The number of allylic oxidation sites excluding steroid dienone is 1. The Balaban J connectivity index is 3.14. The van der Waals surface area contributed by atoms with E-state index in [1.807, 2.05) is 13.8 Å². The summed E-state index contributed by atoms with van der Waals surface area (Å²) in [4.78, 5) is 55.7. The van der Waals surface area contributed by atoms with Gasteiger partial charge in [0.15, 0.2) is 6.61 Å². The van der Waals surface area contributed by atoms with Crippen LogP contribution in [0.3, 0.4) is 0 Å². The van der Waals surface area contributed by atoms with E-state index in [1.54, 1.807) is 18.7 Å². The molecule has 0 aromatic heterocycles. The van der Waals surface area contributed by atoms with Crippen LogP contribution in [-0.2, 0) is 33.4 Å². The maximum Gasteiger partial charge on any atom is 0.336 e. The second kappa shape index (κ2) is 11.3. The lowest BCUT2D eigenvalue weighted by molar-refractivity contribution is -0.160. The van der Waals surface area contributed by atoms with Gasteiger partial charge in [0.2, 0.25) is 0 Å². The molecule has 1 aliphatic heterocycles.